The van der Waals surface area contributed by atoms with Crippen molar-refractivity contribution in [1.29, 1.82) is 0 Å². The van der Waals surface area contributed by atoms with Crippen molar-refractivity contribution in [1.82, 2.24) is 10.3 Å². The van der Waals surface area contributed by atoms with E-state index < -0.39 is 11.6 Å². The topological polar surface area (TPSA) is 34.2 Å². The summed E-state index contributed by atoms with van der Waals surface area (Å²) in [6.45, 7) is 3.55. The fraction of sp³-hybridized carbons (Fsp3) is 0.214. The van der Waals surface area contributed by atoms with Gasteiger partial charge in [0, 0.05) is 37.0 Å². The normalized spacial score (nSPS) is 10.5. The third kappa shape index (κ3) is 3.99. The van der Waals surface area contributed by atoms with Crippen LogP contribution in [0.25, 0.3) is 0 Å². The summed E-state index contributed by atoms with van der Waals surface area (Å²) in [6, 6.07) is 6.60. The minimum atomic E-state index is -0.682. The van der Waals surface area contributed by atoms with Gasteiger partial charge in [-0.1, -0.05) is 6.92 Å². The van der Waals surface area contributed by atoms with E-state index in [1.165, 1.54) is 0 Å². The van der Waals surface area contributed by atoms with E-state index >= 15 is 0 Å². The van der Waals surface area contributed by atoms with Gasteiger partial charge in [-0.2, -0.15) is 0 Å². The quantitative estimate of drug-likeness (QED) is 0.900. The van der Waals surface area contributed by atoms with Crippen molar-refractivity contribution in [3.63, 3.8) is 0 Å². The number of benzene rings is 1. The van der Waals surface area contributed by atoms with Crippen LogP contribution in [0, 0.1) is 11.6 Å². The van der Waals surface area contributed by atoms with E-state index in [1.54, 1.807) is 12.3 Å². The van der Waals surface area contributed by atoms with Crippen molar-refractivity contribution >= 4 is 0 Å². The lowest BCUT2D eigenvalue weighted by atomic mass is 10.2. The predicted octanol–water partition coefficient (Wildman–Crippen LogP) is 3.26. The predicted molar refractivity (Wildman–Crippen MR) is 68.0 cm³/mol. The first-order valence-corrected chi connectivity index (χ1v) is 5.97. The molecule has 0 bridgehead atoms. The SMILES string of the molecule is CCNCc1ccnc(Oc2cc(F)cc(F)c2)c1. The molecule has 1 heterocycles. The molecule has 0 aliphatic rings. The van der Waals surface area contributed by atoms with Crippen LogP contribution in [0.2, 0.25) is 0 Å². The molecule has 0 unspecified atom stereocenters. The van der Waals surface area contributed by atoms with E-state index in [4.69, 9.17) is 4.74 Å². The maximum absolute atomic E-state index is 13.0. The Morgan fingerprint density at radius 2 is 1.89 bits per heavy atom. The van der Waals surface area contributed by atoms with Crippen LogP contribution in [0.3, 0.4) is 0 Å². The highest BCUT2D eigenvalue weighted by Crippen LogP contribution is 2.22. The highest BCUT2D eigenvalue weighted by molar-refractivity contribution is 5.29. The molecule has 0 aliphatic carbocycles. The molecule has 0 atom stereocenters. The maximum atomic E-state index is 13.0. The minimum Gasteiger partial charge on any atom is -0.439 e. The number of nitrogens with zero attached hydrogens (tertiary/aromatic N) is 1. The zero-order chi connectivity index (χ0) is 13.7. The van der Waals surface area contributed by atoms with Crippen molar-refractivity contribution < 1.29 is 13.5 Å². The van der Waals surface area contributed by atoms with Crippen molar-refractivity contribution in [3.05, 3.63) is 53.7 Å². The first-order chi connectivity index (χ1) is 9.17. The number of pyridine rings is 1. The summed E-state index contributed by atoms with van der Waals surface area (Å²) in [5.74, 6) is -0.969. The van der Waals surface area contributed by atoms with E-state index in [-0.39, 0.29) is 5.75 Å². The first-order valence-electron chi connectivity index (χ1n) is 5.97. The van der Waals surface area contributed by atoms with Gasteiger partial charge in [-0.15, -0.1) is 0 Å². The van der Waals surface area contributed by atoms with Gasteiger partial charge in [-0.3, -0.25) is 0 Å². The Balaban J connectivity index is 2.13. The van der Waals surface area contributed by atoms with Crippen LogP contribution in [-0.4, -0.2) is 11.5 Å². The molecule has 0 saturated heterocycles. The Bertz CT molecular complexity index is 541. The van der Waals surface area contributed by atoms with E-state index in [0.717, 1.165) is 30.3 Å². The van der Waals surface area contributed by atoms with E-state index in [9.17, 15) is 8.78 Å². The Labute approximate surface area is 110 Å². The molecule has 0 fully saturated rings. The molecule has 1 aromatic carbocycles. The Kier molecular flexibility index (Phi) is 4.41. The second-order valence-electron chi connectivity index (χ2n) is 3.99. The Hall–Kier alpha value is -2.01. The molecule has 19 heavy (non-hydrogen) atoms. The molecule has 2 rings (SSSR count). The standard InChI is InChI=1S/C14H14F2N2O/c1-2-17-9-10-3-4-18-14(5-10)19-13-7-11(15)6-12(16)8-13/h3-8,17H,2,9H2,1H3. The third-order valence-corrected chi connectivity index (χ3v) is 2.44. The van der Waals surface area contributed by atoms with Crippen LogP contribution < -0.4 is 10.1 Å². The Morgan fingerprint density at radius 1 is 1.16 bits per heavy atom. The third-order valence-electron chi connectivity index (χ3n) is 2.44. The van der Waals surface area contributed by atoms with Crippen molar-refractivity contribution in [2.45, 2.75) is 13.5 Å². The van der Waals surface area contributed by atoms with E-state index in [2.05, 4.69) is 10.3 Å². The minimum absolute atomic E-state index is 0.0885. The highest BCUT2D eigenvalue weighted by atomic mass is 19.1. The molecular weight excluding hydrogens is 250 g/mol. The van der Waals surface area contributed by atoms with Gasteiger partial charge in [0.05, 0.1) is 0 Å². The fourth-order valence-electron chi connectivity index (χ4n) is 1.59. The summed E-state index contributed by atoms with van der Waals surface area (Å²) >= 11 is 0. The number of hydrogen-bond donors (Lipinski definition) is 1. The van der Waals surface area contributed by atoms with E-state index in [0.29, 0.717) is 12.4 Å². The molecule has 0 saturated carbocycles. The van der Waals surface area contributed by atoms with Crippen LogP contribution in [0.4, 0.5) is 8.78 Å². The molecule has 0 radical (unpaired) electrons. The second kappa shape index (κ2) is 6.24. The molecule has 1 aromatic heterocycles. The molecule has 5 heteroatoms. The summed E-state index contributed by atoms with van der Waals surface area (Å²) in [6.07, 6.45) is 1.59. The number of nitrogens with one attached hydrogen (secondary N) is 1. The Morgan fingerprint density at radius 3 is 2.58 bits per heavy atom. The second-order valence-corrected chi connectivity index (χ2v) is 3.99. The molecular formula is C14H14F2N2O. The molecule has 1 N–H and O–H groups in total. The lowest BCUT2D eigenvalue weighted by Gasteiger charge is -2.07. The van der Waals surface area contributed by atoms with Gasteiger partial charge in [0.2, 0.25) is 5.88 Å². The van der Waals surface area contributed by atoms with Crippen molar-refractivity contribution in [2.24, 2.45) is 0 Å². The smallest absolute Gasteiger partial charge is 0.219 e. The zero-order valence-electron chi connectivity index (χ0n) is 10.5. The van der Waals surface area contributed by atoms with Gasteiger partial charge in [-0.05, 0) is 18.2 Å². The largest absolute Gasteiger partial charge is 0.439 e. The summed E-state index contributed by atoms with van der Waals surface area (Å²) in [7, 11) is 0. The van der Waals surface area contributed by atoms with Crippen LogP contribution >= 0.6 is 0 Å². The van der Waals surface area contributed by atoms with E-state index in [1.807, 2.05) is 13.0 Å². The monoisotopic (exact) mass is 264 g/mol. The average molecular weight is 264 g/mol. The van der Waals surface area contributed by atoms with Crippen LogP contribution in [-0.2, 0) is 6.54 Å². The van der Waals surface area contributed by atoms with Gasteiger partial charge < -0.3 is 10.1 Å². The number of ether oxygens (including phenoxy) is 1. The average Bonchev–Trinajstić information content (AvgIpc) is 2.35. The van der Waals surface area contributed by atoms with Gasteiger partial charge in [-0.25, -0.2) is 13.8 Å². The summed E-state index contributed by atoms with van der Waals surface area (Å²) < 4.78 is 31.4. The summed E-state index contributed by atoms with van der Waals surface area (Å²) in [5, 5.41) is 3.17. The fourth-order valence-corrected chi connectivity index (χ4v) is 1.59. The van der Waals surface area contributed by atoms with Gasteiger partial charge >= 0.3 is 0 Å². The molecule has 100 valence electrons. The van der Waals surface area contributed by atoms with Crippen LogP contribution in [0.15, 0.2) is 36.5 Å². The van der Waals surface area contributed by atoms with Crippen LogP contribution in [0.5, 0.6) is 11.6 Å². The van der Waals surface area contributed by atoms with Crippen molar-refractivity contribution in [2.75, 3.05) is 6.54 Å². The first kappa shape index (κ1) is 13.4. The zero-order valence-corrected chi connectivity index (χ0v) is 10.5. The molecule has 3 nitrogen and oxygen atoms in total. The highest BCUT2D eigenvalue weighted by Gasteiger charge is 2.04. The summed E-state index contributed by atoms with van der Waals surface area (Å²) in [5.41, 5.74) is 0.990. The number of halogens is 2. The van der Waals surface area contributed by atoms with Gasteiger partial charge in [0.25, 0.3) is 0 Å². The van der Waals surface area contributed by atoms with Crippen LogP contribution in [0.1, 0.15) is 12.5 Å². The number of rotatable bonds is 5. The lowest BCUT2D eigenvalue weighted by Crippen LogP contribution is -2.11. The maximum Gasteiger partial charge on any atom is 0.219 e. The molecule has 2 aromatic rings. The van der Waals surface area contributed by atoms with Crippen molar-refractivity contribution in [3.8, 4) is 11.6 Å². The molecule has 0 aliphatic heterocycles. The number of hydrogen-bond acceptors (Lipinski definition) is 3. The molecule has 0 amide bonds. The number of aromatic nitrogens is 1. The molecule has 0 spiro atoms. The van der Waals surface area contributed by atoms with Gasteiger partial charge in [0.15, 0.2) is 0 Å². The van der Waals surface area contributed by atoms with Gasteiger partial charge in [0.1, 0.15) is 17.4 Å². The lowest BCUT2D eigenvalue weighted by molar-refractivity contribution is 0.450. The summed E-state index contributed by atoms with van der Waals surface area (Å²) in [4.78, 5) is 4.01.